The van der Waals surface area contributed by atoms with Crippen LogP contribution >= 0.6 is 24.8 Å². The Kier molecular flexibility index (Phi) is 7.57. The van der Waals surface area contributed by atoms with Crippen molar-refractivity contribution >= 4 is 30.7 Å². The SMILES string of the molecule is Cl.Cl.NC(CNC(=O)c1cn(-c2ccccc2)nc1-c1cccnc1)C1CC1. The number of para-hydroxylation sites is 1. The number of pyridine rings is 1. The van der Waals surface area contributed by atoms with Gasteiger partial charge < -0.3 is 11.1 Å². The molecule has 1 aliphatic carbocycles. The van der Waals surface area contributed by atoms with Crippen LogP contribution in [0.15, 0.2) is 61.1 Å². The summed E-state index contributed by atoms with van der Waals surface area (Å²) >= 11 is 0. The summed E-state index contributed by atoms with van der Waals surface area (Å²) in [6.45, 7) is 0.479. The highest BCUT2D eigenvalue weighted by molar-refractivity contribution is 5.99. The van der Waals surface area contributed by atoms with Crippen molar-refractivity contribution in [3.05, 3.63) is 66.6 Å². The van der Waals surface area contributed by atoms with Gasteiger partial charge in [0.15, 0.2) is 0 Å². The van der Waals surface area contributed by atoms with Gasteiger partial charge in [-0.15, -0.1) is 24.8 Å². The summed E-state index contributed by atoms with van der Waals surface area (Å²) in [6.07, 6.45) is 7.49. The van der Waals surface area contributed by atoms with Crippen molar-refractivity contribution in [3.63, 3.8) is 0 Å². The number of rotatable bonds is 6. The van der Waals surface area contributed by atoms with E-state index in [9.17, 15) is 4.79 Å². The number of hydrogen-bond acceptors (Lipinski definition) is 4. The second kappa shape index (κ2) is 9.68. The van der Waals surface area contributed by atoms with E-state index in [1.54, 1.807) is 23.3 Å². The molecule has 2 aromatic heterocycles. The first-order valence-corrected chi connectivity index (χ1v) is 8.81. The number of hydrogen-bond donors (Lipinski definition) is 2. The zero-order valence-corrected chi connectivity index (χ0v) is 16.8. The van der Waals surface area contributed by atoms with Crippen molar-refractivity contribution in [2.45, 2.75) is 18.9 Å². The summed E-state index contributed by atoms with van der Waals surface area (Å²) in [6, 6.07) is 13.5. The van der Waals surface area contributed by atoms with E-state index in [2.05, 4.69) is 15.4 Å². The fourth-order valence-electron chi connectivity index (χ4n) is 2.97. The van der Waals surface area contributed by atoms with Crippen molar-refractivity contribution in [3.8, 4) is 16.9 Å². The topological polar surface area (TPSA) is 85.8 Å². The van der Waals surface area contributed by atoms with E-state index in [0.717, 1.165) is 24.1 Å². The Morgan fingerprint density at radius 3 is 2.57 bits per heavy atom. The van der Waals surface area contributed by atoms with Gasteiger partial charge in [-0.1, -0.05) is 18.2 Å². The molecule has 0 saturated heterocycles. The molecule has 6 nitrogen and oxygen atoms in total. The van der Waals surface area contributed by atoms with Crippen LogP contribution in [-0.4, -0.2) is 33.3 Å². The predicted octanol–water partition coefficient (Wildman–Crippen LogP) is 3.25. The molecule has 1 atom stereocenters. The Balaban J connectivity index is 0.00000140. The van der Waals surface area contributed by atoms with Gasteiger partial charge >= 0.3 is 0 Å². The molecule has 0 aliphatic heterocycles. The number of amides is 1. The van der Waals surface area contributed by atoms with Gasteiger partial charge in [0, 0.05) is 36.7 Å². The maximum absolute atomic E-state index is 12.8. The van der Waals surface area contributed by atoms with E-state index in [0.29, 0.717) is 23.7 Å². The molecule has 1 fully saturated rings. The van der Waals surface area contributed by atoms with Gasteiger partial charge in [0.2, 0.25) is 0 Å². The fraction of sp³-hybridized carbons (Fsp3) is 0.250. The lowest BCUT2D eigenvalue weighted by Gasteiger charge is -2.11. The Hall–Kier alpha value is -2.41. The molecular weight excluding hydrogens is 397 g/mol. The zero-order chi connectivity index (χ0) is 17.9. The molecule has 8 heteroatoms. The summed E-state index contributed by atoms with van der Waals surface area (Å²) in [5, 5.41) is 7.59. The summed E-state index contributed by atoms with van der Waals surface area (Å²) in [5.41, 5.74) is 8.93. The smallest absolute Gasteiger partial charge is 0.255 e. The molecule has 148 valence electrons. The molecule has 28 heavy (non-hydrogen) atoms. The second-order valence-corrected chi connectivity index (χ2v) is 6.62. The first-order valence-electron chi connectivity index (χ1n) is 8.81. The Labute approximate surface area is 176 Å². The van der Waals surface area contributed by atoms with Crippen LogP contribution in [-0.2, 0) is 0 Å². The molecule has 3 aromatic rings. The highest BCUT2D eigenvalue weighted by Crippen LogP contribution is 2.31. The molecule has 4 rings (SSSR count). The van der Waals surface area contributed by atoms with Gasteiger partial charge in [-0.2, -0.15) is 5.10 Å². The third-order valence-electron chi connectivity index (χ3n) is 4.64. The number of benzene rings is 1. The predicted molar refractivity (Wildman–Crippen MR) is 114 cm³/mol. The average molecular weight is 420 g/mol. The van der Waals surface area contributed by atoms with E-state index in [1.165, 1.54) is 0 Å². The third-order valence-corrected chi connectivity index (χ3v) is 4.64. The molecule has 1 unspecified atom stereocenters. The van der Waals surface area contributed by atoms with Gasteiger partial charge in [0.25, 0.3) is 5.91 Å². The quantitative estimate of drug-likeness (QED) is 0.641. The largest absolute Gasteiger partial charge is 0.350 e. The number of nitrogens with zero attached hydrogens (tertiary/aromatic N) is 3. The van der Waals surface area contributed by atoms with E-state index in [4.69, 9.17) is 5.73 Å². The van der Waals surface area contributed by atoms with Gasteiger partial charge in [0.1, 0.15) is 5.69 Å². The fourth-order valence-corrected chi connectivity index (χ4v) is 2.97. The van der Waals surface area contributed by atoms with E-state index >= 15 is 0 Å². The molecule has 3 N–H and O–H groups in total. The van der Waals surface area contributed by atoms with Crippen LogP contribution in [0.5, 0.6) is 0 Å². The summed E-state index contributed by atoms with van der Waals surface area (Å²) in [4.78, 5) is 16.9. The first kappa shape index (κ1) is 21.9. The molecule has 0 bridgehead atoms. The lowest BCUT2D eigenvalue weighted by molar-refractivity contribution is 0.0951. The minimum absolute atomic E-state index is 0. The Morgan fingerprint density at radius 1 is 1.18 bits per heavy atom. The van der Waals surface area contributed by atoms with E-state index < -0.39 is 0 Å². The van der Waals surface area contributed by atoms with Crippen molar-refractivity contribution in [1.82, 2.24) is 20.1 Å². The summed E-state index contributed by atoms with van der Waals surface area (Å²) in [5.74, 6) is 0.377. The molecule has 1 saturated carbocycles. The molecule has 1 aliphatic rings. The number of nitrogens with two attached hydrogens (primary N) is 1. The molecule has 1 aromatic carbocycles. The van der Waals surface area contributed by atoms with Crippen LogP contribution < -0.4 is 11.1 Å². The normalized spacial score (nSPS) is 13.8. The monoisotopic (exact) mass is 419 g/mol. The summed E-state index contributed by atoms with van der Waals surface area (Å²) in [7, 11) is 0. The van der Waals surface area contributed by atoms with Gasteiger partial charge in [-0.05, 0) is 43.0 Å². The summed E-state index contributed by atoms with van der Waals surface area (Å²) < 4.78 is 1.72. The van der Waals surface area contributed by atoms with Gasteiger partial charge in [0.05, 0.1) is 11.3 Å². The molecule has 1 amide bonds. The van der Waals surface area contributed by atoms with Crippen LogP contribution in [0.1, 0.15) is 23.2 Å². The molecule has 0 radical (unpaired) electrons. The van der Waals surface area contributed by atoms with E-state index in [-0.39, 0.29) is 36.8 Å². The van der Waals surface area contributed by atoms with Crippen LogP contribution in [0, 0.1) is 5.92 Å². The lowest BCUT2D eigenvalue weighted by atomic mass is 10.1. The lowest BCUT2D eigenvalue weighted by Crippen LogP contribution is -2.38. The number of halogens is 2. The molecule has 2 heterocycles. The van der Waals surface area contributed by atoms with Crippen molar-refractivity contribution in [2.24, 2.45) is 11.7 Å². The number of nitrogens with one attached hydrogen (secondary N) is 1. The highest BCUT2D eigenvalue weighted by Gasteiger charge is 2.29. The van der Waals surface area contributed by atoms with Crippen LogP contribution in [0.3, 0.4) is 0 Å². The Bertz CT molecular complexity index is 897. The maximum Gasteiger partial charge on any atom is 0.255 e. The molecular formula is C20H23Cl2N5O. The third kappa shape index (κ3) is 4.90. The van der Waals surface area contributed by atoms with Gasteiger partial charge in [-0.25, -0.2) is 4.68 Å². The van der Waals surface area contributed by atoms with Crippen LogP contribution in [0.25, 0.3) is 16.9 Å². The zero-order valence-electron chi connectivity index (χ0n) is 15.2. The van der Waals surface area contributed by atoms with Crippen LogP contribution in [0.4, 0.5) is 0 Å². The van der Waals surface area contributed by atoms with Gasteiger partial charge in [-0.3, -0.25) is 9.78 Å². The highest BCUT2D eigenvalue weighted by atomic mass is 35.5. The van der Waals surface area contributed by atoms with Crippen molar-refractivity contribution < 1.29 is 4.79 Å². The maximum atomic E-state index is 12.8. The standard InChI is InChI=1S/C20H21N5O.2ClH/c21-18(14-8-9-14)12-23-20(26)17-13-25(16-6-2-1-3-7-16)24-19(17)15-5-4-10-22-11-15;;/h1-7,10-11,13-14,18H,8-9,12,21H2,(H,23,26);2*1H. The minimum atomic E-state index is -0.165. The van der Waals surface area contributed by atoms with Crippen molar-refractivity contribution in [1.29, 1.82) is 0 Å². The Morgan fingerprint density at radius 2 is 1.93 bits per heavy atom. The number of carbonyl (C=O) groups excluding carboxylic acids is 1. The minimum Gasteiger partial charge on any atom is -0.350 e. The first-order chi connectivity index (χ1) is 12.7. The average Bonchev–Trinajstić information content (AvgIpc) is 3.45. The van der Waals surface area contributed by atoms with Crippen molar-refractivity contribution in [2.75, 3.05) is 6.54 Å². The number of aromatic nitrogens is 3. The second-order valence-electron chi connectivity index (χ2n) is 6.62. The van der Waals surface area contributed by atoms with Crippen LogP contribution in [0.2, 0.25) is 0 Å². The number of carbonyl (C=O) groups is 1. The van der Waals surface area contributed by atoms with E-state index in [1.807, 2.05) is 42.5 Å². The molecule has 0 spiro atoms.